The molecule has 1 atom stereocenters. The molecule has 0 aromatic heterocycles. The Bertz CT molecular complexity index is 696. The van der Waals surface area contributed by atoms with Gasteiger partial charge < -0.3 is 15.4 Å². The van der Waals surface area contributed by atoms with Gasteiger partial charge in [0.25, 0.3) is 5.91 Å². The predicted octanol–water partition coefficient (Wildman–Crippen LogP) is 2.83. The summed E-state index contributed by atoms with van der Waals surface area (Å²) < 4.78 is 5.32. The molecule has 0 aliphatic rings. The molecule has 140 valence electrons. The lowest BCUT2D eigenvalue weighted by atomic mass is 9.95. The van der Waals surface area contributed by atoms with E-state index >= 15 is 0 Å². The molecule has 0 saturated carbocycles. The first kappa shape index (κ1) is 20.0. The summed E-state index contributed by atoms with van der Waals surface area (Å²) in [6, 6.07) is 16.8. The zero-order valence-corrected chi connectivity index (χ0v) is 16.3. The van der Waals surface area contributed by atoms with E-state index in [2.05, 4.69) is 55.7 Å². The number of methoxy groups -OCH3 is 1. The van der Waals surface area contributed by atoms with Crippen LogP contribution in [0.1, 0.15) is 43.5 Å². The first-order chi connectivity index (χ1) is 12.5. The molecule has 0 heterocycles. The Balaban J connectivity index is 1.90. The van der Waals surface area contributed by atoms with E-state index in [1.54, 1.807) is 7.11 Å². The van der Waals surface area contributed by atoms with Crippen molar-refractivity contribution in [3.8, 4) is 5.75 Å². The molecule has 1 amide bonds. The van der Waals surface area contributed by atoms with E-state index in [0.717, 1.165) is 17.7 Å². The third kappa shape index (κ3) is 5.60. The second-order valence-corrected chi connectivity index (χ2v) is 6.89. The number of amides is 1. The number of hydrogen-bond acceptors (Lipinski definition) is 2. The van der Waals surface area contributed by atoms with Crippen LogP contribution in [0.15, 0.2) is 48.5 Å². The summed E-state index contributed by atoms with van der Waals surface area (Å²) in [6.45, 7) is 7.44. The first-order valence-corrected chi connectivity index (χ1v) is 9.35. The van der Waals surface area contributed by atoms with E-state index in [4.69, 9.17) is 4.74 Å². The molecule has 2 rings (SSSR count). The van der Waals surface area contributed by atoms with Crippen LogP contribution in [-0.4, -0.2) is 19.6 Å². The molecule has 0 aliphatic heterocycles. The monoisotopic (exact) mass is 355 g/mol. The molecule has 0 radical (unpaired) electrons. The average molecular weight is 356 g/mol. The maximum absolute atomic E-state index is 12.3. The fourth-order valence-electron chi connectivity index (χ4n) is 3.12. The van der Waals surface area contributed by atoms with Crippen LogP contribution >= 0.6 is 0 Å². The largest absolute Gasteiger partial charge is 0.496 e. The number of carbonyl (C=O) groups is 1. The number of ether oxygens (including phenoxy) is 1. The second kappa shape index (κ2) is 9.97. The molecule has 0 bridgehead atoms. The average Bonchev–Trinajstić information content (AvgIpc) is 2.67. The number of quaternary nitrogens is 1. The van der Waals surface area contributed by atoms with Gasteiger partial charge in [-0.2, -0.15) is 0 Å². The summed E-state index contributed by atoms with van der Waals surface area (Å²) in [5.41, 5.74) is 3.60. The van der Waals surface area contributed by atoms with Crippen LogP contribution in [0, 0.1) is 5.92 Å². The van der Waals surface area contributed by atoms with Crippen molar-refractivity contribution in [2.45, 2.75) is 39.8 Å². The van der Waals surface area contributed by atoms with Gasteiger partial charge in [-0.1, -0.05) is 63.2 Å². The van der Waals surface area contributed by atoms with Gasteiger partial charge in [0.2, 0.25) is 0 Å². The van der Waals surface area contributed by atoms with E-state index < -0.39 is 0 Å². The second-order valence-electron chi connectivity index (χ2n) is 6.89. The third-order valence-corrected chi connectivity index (χ3v) is 4.72. The maximum atomic E-state index is 12.3. The minimum atomic E-state index is 0.0340. The Morgan fingerprint density at radius 1 is 1.12 bits per heavy atom. The predicted molar refractivity (Wildman–Crippen MR) is 105 cm³/mol. The highest BCUT2D eigenvalue weighted by Gasteiger charge is 2.20. The van der Waals surface area contributed by atoms with Crippen molar-refractivity contribution in [3.63, 3.8) is 0 Å². The van der Waals surface area contributed by atoms with Gasteiger partial charge in [-0.15, -0.1) is 0 Å². The molecule has 2 aromatic rings. The van der Waals surface area contributed by atoms with Gasteiger partial charge in [-0.3, -0.25) is 4.79 Å². The lowest BCUT2D eigenvalue weighted by molar-refractivity contribution is -0.692. The van der Waals surface area contributed by atoms with Gasteiger partial charge in [0.15, 0.2) is 6.54 Å². The van der Waals surface area contributed by atoms with Crippen LogP contribution < -0.4 is 15.4 Å². The number of hydrogen-bond donors (Lipinski definition) is 2. The number of carbonyl (C=O) groups excluding carboxylic acids is 1. The first-order valence-electron chi connectivity index (χ1n) is 9.35. The normalized spacial score (nSPS) is 12.0. The minimum Gasteiger partial charge on any atom is -0.496 e. The molecule has 4 heteroatoms. The zero-order valence-electron chi connectivity index (χ0n) is 16.3. The van der Waals surface area contributed by atoms with Crippen molar-refractivity contribution in [2.24, 2.45) is 5.92 Å². The number of rotatable bonds is 9. The van der Waals surface area contributed by atoms with E-state index in [-0.39, 0.29) is 11.9 Å². The Kier molecular flexibility index (Phi) is 7.67. The highest BCUT2D eigenvalue weighted by atomic mass is 16.5. The molecule has 4 nitrogen and oxygen atoms in total. The third-order valence-electron chi connectivity index (χ3n) is 4.72. The van der Waals surface area contributed by atoms with Crippen LogP contribution in [0.5, 0.6) is 5.75 Å². The van der Waals surface area contributed by atoms with E-state index in [9.17, 15) is 4.79 Å². The summed E-state index contributed by atoms with van der Waals surface area (Å²) in [5.74, 6) is 1.28. The van der Waals surface area contributed by atoms with Crippen molar-refractivity contribution >= 4 is 5.91 Å². The van der Waals surface area contributed by atoms with Gasteiger partial charge in [0, 0.05) is 23.6 Å². The Morgan fingerprint density at radius 2 is 1.81 bits per heavy atom. The Morgan fingerprint density at radius 3 is 2.42 bits per heavy atom. The Labute approximate surface area is 157 Å². The number of nitrogens with two attached hydrogens (primary N) is 1. The SMILES string of the molecule is CCc1ccc([C@H]([NH2+]CC(=O)NCc2ccccc2OC)C(C)C)cc1. The van der Waals surface area contributed by atoms with Crippen LogP contribution in [0.25, 0.3) is 0 Å². The molecular weight excluding hydrogens is 324 g/mol. The lowest BCUT2D eigenvalue weighted by Crippen LogP contribution is -2.88. The van der Waals surface area contributed by atoms with Crippen molar-refractivity contribution in [1.82, 2.24) is 5.32 Å². The van der Waals surface area contributed by atoms with E-state index in [0.29, 0.717) is 19.0 Å². The van der Waals surface area contributed by atoms with Gasteiger partial charge in [-0.05, 0) is 18.1 Å². The molecule has 0 fully saturated rings. The van der Waals surface area contributed by atoms with Crippen molar-refractivity contribution in [3.05, 3.63) is 65.2 Å². The van der Waals surface area contributed by atoms with E-state index in [1.165, 1.54) is 11.1 Å². The van der Waals surface area contributed by atoms with Gasteiger partial charge in [0.05, 0.1) is 7.11 Å². The molecule has 0 unspecified atom stereocenters. The van der Waals surface area contributed by atoms with Crippen molar-refractivity contribution in [1.29, 1.82) is 0 Å². The van der Waals surface area contributed by atoms with Crippen molar-refractivity contribution < 1.29 is 14.8 Å². The van der Waals surface area contributed by atoms with E-state index in [1.807, 2.05) is 24.3 Å². The molecule has 0 aliphatic carbocycles. The molecule has 3 N–H and O–H groups in total. The van der Waals surface area contributed by atoms with Crippen LogP contribution in [0.3, 0.4) is 0 Å². The highest BCUT2D eigenvalue weighted by molar-refractivity contribution is 5.76. The summed E-state index contributed by atoms with van der Waals surface area (Å²) in [6.07, 6.45) is 1.04. The Hall–Kier alpha value is -2.33. The molecular formula is C22H31N2O2+. The number of nitrogens with one attached hydrogen (secondary N) is 1. The summed E-state index contributed by atoms with van der Waals surface area (Å²) in [7, 11) is 1.64. The molecule has 26 heavy (non-hydrogen) atoms. The minimum absolute atomic E-state index is 0.0340. The highest BCUT2D eigenvalue weighted by Crippen LogP contribution is 2.18. The zero-order chi connectivity index (χ0) is 18.9. The van der Waals surface area contributed by atoms with Crippen LogP contribution in [-0.2, 0) is 17.8 Å². The van der Waals surface area contributed by atoms with Gasteiger partial charge >= 0.3 is 0 Å². The number of benzene rings is 2. The topological polar surface area (TPSA) is 54.9 Å². The fourth-order valence-corrected chi connectivity index (χ4v) is 3.12. The molecule has 0 spiro atoms. The summed E-state index contributed by atoms with van der Waals surface area (Å²) in [5, 5.41) is 5.12. The maximum Gasteiger partial charge on any atom is 0.275 e. The standard InChI is InChI=1S/C22H30N2O2/c1-5-17-10-12-18(13-11-17)22(16(2)3)24-15-21(25)23-14-19-8-6-7-9-20(19)26-4/h6-13,16,22,24H,5,14-15H2,1-4H3,(H,23,25)/p+1/t22-/m1/s1. The smallest absolute Gasteiger partial charge is 0.275 e. The van der Waals surface area contributed by atoms with Crippen LogP contribution in [0.4, 0.5) is 0 Å². The summed E-state index contributed by atoms with van der Waals surface area (Å²) in [4.78, 5) is 12.3. The number of aryl methyl sites for hydroxylation is 1. The lowest BCUT2D eigenvalue weighted by Gasteiger charge is -2.20. The molecule has 0 saturated heterocycles. The number of para-hydroxylation sites is 1. The fraction of sp³-hybridized carbons (Fsp3) is 0.409. The van der Waals surface area contributed by atoms with Gasteiger partial charge in [0.1, 0.15) is 11.8 Å². The molecule has 2 aromatic carbocycles. The van der Waals surface area contributed by atoms with Crippen LogP contribution in [0.2, 0.25) is 0 Å². The summed E-state index contributed by atoms with van der Waals surface area (Å²) >= 11 is 0. The van der Waals surface area contributed by atoms with Crippen molar-refractivity contribution in [2.75, 3.05) is 13.7 Å². The quantitative estimate of drug-likeness (QED) is 0.727. The van der Waals surface area contributed by atoms with Gasteiger partial charge in [-0.25, -0.2) is 0 Å².